The topological polar surface area (TPSA) is 82.9 Å². The highest BCUT2D eigenvalue weighted by atomic mass is 35.5. The number of nitrogens with one attached hydrogen (secondary N) is 2. The zero-order valence-electron chi connectivity index (χ0n) is 12.2. The van der Waals surface area contributed by atoms with Crippen molar-refractivity contribution in [3.8, 4) is 0 Å². The number of hydrogen-bond acceptors (Lipinski definition) is 4. The van der Waals surface area contributed by atoms with E-state index in [0.717, 1.165) is 0 Å². The highest BCUT2D eigenvalue weighted by Crippen LogP contribution is 2.12. The van der Waals surface area contributed by atoms with Gasteiger partial charge in [-0.15, -0.1) is 0 Å². The molecule has 0 aliphatic heterocycles. The Morgan fingerprint density at radius 3 is 1.50 bits per heavy atom. The number of halogens is 2. The maximum atomic E-state index is 11.6. The zero-order chi connectivity index (χ0) is 17.4. The van der Waals surface area contributed by atoms with Crippen LogP contribution >= 0.6 is 23.2 Å². The van der Waals surface area contributed by atoms with Crippen LogP contribution in [0.25, 0.3) is 0 Å². The Kier molecular flexibility index (Phi) is 6.48. The van der Waals surface area contributed by atoms with Gasteiger partial charge >= 0.3 is 11.8 Å². The van der Waals surface area contributed by atoms with E-state index in [-0.39, 0.29) is 0 Å². The largest absolute Gasteiger partial charge is 0.331 e. The first-order valence-corrected chi connectivity index (χ1v) is 7.49. The van der Waals surface area contributed by atoms with E-state index in [2.05, 4.69) is 21.1 Å². The van der Waals surface area contributed by atoms with Crippen LogP contribution in [0.3, 0.4) is 0 Å². The predicted octanol–water partition coefficient (Wildman–Crippen LogP) is 2.59. The van der Waals surface area contributed by atoms with E-state index in [1.54, 1.807) is 48.5 Å². The summed E-state index contributed by atoms with van der Waals surface area (Å²) in [5.74, 6) is -1.93. The van der Waals surface area contributed by atoms with Crippen LogP contribution in [0.1, 0.15) is 11.1 Å². The number of carbonyl (C=O) groups is 2. The highest BCUT2D eigenvalue weighted by molar-refractivity contribution is 6.35. The zero-order valence-corrected chi connectivity index (χ0v) is 13.8. The summed E-state index contributed by atoms with van der Waals surface area (Å²) in [6.07, 6.45) is 2.67. The molecule has 0 heterocycles. The number of hydrogen-bond donors (Lipinski definition) is 2. The Bertz CT molecular complexity index is 739. The van der Waals surface area contributed by atoms with Gasteiger partial charge in [-0.05, 0) is 12.1 Å². The minimum atomic E-state index is -0.963. The molecule has 0 aromatic heterocycles. The summed E-state index contributed by atoms with van der Waals surface area (Å²) < 4.78 is 0. The van der Waals surface area contributed by atoms with Crippen LogP contribution < -0.4 is 10.9 Å². The summed E-state index contributed by atoms with van der Waals surface area (Å²) in [4.78, 5) is 23.1. The minimum Gasteiger partial charge on any atom is -0.262 e. The Hall–Kier alpha value is -2.70. The number of rotatable bonds is 4. The molecule has 6 nitrogen and oxygen atoms in total. The molecule has 0 saturated heterocycles. The third-order valence-corrected chi connectivity index (χ3v) is 3.44. The Morgan fingerprint density at radius 1 is 0.750 bits per heavy atom. The lowest BCUT2D eigenvalue weighted by atomic mass is 10.2. The maximum Gasteiger partial charge on any atom is 0.331 e. The number of amides is 2. The van der Waals surface area contributed by atoms with Crippen LogP contribution in [0.4, 0.5) is 0 Å². The van der Waals surface area contributed by atoms with Crippen LogP contribution in [0.5, 0.6) is 0 Å². The van der Waals surface area contributed by atoms with Gasteiger partial charge in [0.15, 0.2) is 0 Å². The fourth-order valence-electron chi connectivity index (χ4n) is 1.58. The molecule has 0 fully saturated rings. The van der Waals surface area contributed by atoms with Gasteiger partial charge < -0.3 is 0 Å². The Labute approximate surface area is 148 Å². The average Bonchev–Trinajstić information content (AvgIpc) is 2.58. The number of hydrazone groups is 2. The molecule has 24 heavy (non-hydrogen) atoms. The van der Waals surface area contributed by atoms with E-state index in [4.69, 9.17) is 23.2 Å². The molecule has 2 aromatic carbocycles. The lowest BCUT2D eigenvalue weighted by molar-refractivity contribution is -0.139. The van der Waals surface area contributed by atoms with Crippen LogP contribution in [-0.2, 0) is 9.59 Å². The van der Waals surface area contributed by atoms with Gasteiger partial charge in [-0.25, -0.2) is 10.9 Å². The minimum absolute atomic E-state index is 0.476. The second kappa shape index (κ2) is 8.81. The summed E-state index contributed by atoms with van der Waals surface area (Å²) in [5.41, 5.74) is 5.37. The van der Waals surface area contributed by atoms with Crippen molar-refractivity contribution in [3.05, 3.63) is 69.7 Å². The van der Waals surface area contributed by atoms with E-state index in [9.17, 15) is 9.59 Å². The smallest absolute Gasteiger partial charge is 0.262 e. The van der Waals surface area contributed by atoms with Gasteiger partial charge in [-0.3, -0.25) is 9.59 Å². The number of benzene rings is 2. The normalized spacial score (nSPS) is 10.9. The van der Waals surface area contributed by atoms with Crippen molar-refractivity contribution in [2.24, 2.45) is 10.2 Å². The van der Waals surface area contributed by atoms with Gasteiger partial charge in [0.1, 0.15) is 0 Å². The predicted molar refractivity (Wildman–Crippen MR) is 94.4 cm³/mol. The second-order valence-corrected chi connectivity index (χ2v) is 5.26. The Balaban J connectivity index is 1.85. The number of nitrogens with zero attached hydrogens (tertiary/aromatic N) is 2. The van der Waals surface area contributed by atoms with E-state index in [1.807, 2.05) is 0 Å². The van der Waals surface area contributed by atoms with Crippen LogP contribution in [0, 0.1) is 0 Å². The third kappa shape index (κ3) is 5.19. The molecule has 0 aliphatic carbocycles. The van der Waals surface area contributed by atoms with Crippen LogP contribution in [-0.4, -0.2) is 24.2 Å². The van der Waals surface area contributed by atoms with E-state index >= 15 is 0 Å². The molecule has 2 amide bonds. The van der Waals surface area contributed by atoms with Gasteiger partial charge in [0, 0.05) is 21.2 Å². The Morgan fingerprint density at radius 2 is 1.12 bits per heavy atom. The molecule has 0 aliphatic rings. The molecule has 0 radical (unpaired) electrons. The first-order valence-electron chi connectivity index (χ1n) is 6.73. The average molecular weight is 363 g/mol. The maximum absolute atomic E-state index is 11.6. The standard InChI is InChI=1S/C16H12Cl2N4O2/c17-13-7-3-1-5-11(13)9-19-21-15(23)16(24)22-20-10-12-6-2-4-8-14(12)18/h1-10H,(H,21,23)(H,22,24)/b19-9-,20-10-. The van der Waals surface area contributed by atoms with Crippen molar-refractivity contribution in [3.63, 3.8) is 0 Å². The molecular formula is C16H12Cl2N4O2. The van der Waals surface area contributed by atoms with Gasteiger partial charge in [-0.1, -0.05) is 59.6 Å². The van der Waals surface area contributed by atoms with Crippen molar-refractivity contribution in [1.29, 1.82) is 0 Å². The molecule has 0 bridgehead atoms. The van der Waals surface area contributed by atoms with Crippen molar-refractivity contribution in [1.82, 2.24) is 10.9 Å². The van der Waals surface area contributed by atoms with Gasteiger partial charge in [0.25, 0.3) is 0 Å². The van der Waals surface area contributed by atoms with E-state index in [1.165, 1.54) is 12.4 Å². The molecule has 2 N–H and O–H groups in total. The fourth-order valence-corrected chi connectivity index (χ4v) is 1.95. The summed E-state index contributed by atoms with van der Waals surface area (Å²) >= 11 is 11.9. The number of carbonyl (C=O) groups excluding carboxylic acids is 2. The molecule has 122 valence electrons. The quantitative estimate of drug-likeness (QED) is 0.497. The third-order valence-electron chi connectivity index (χ3n) is 2.76. The van der Waals surface area contributed by atoms with Crippen LogP contribution in [0.15, 0.2) is 58.7 Å². The van der Waals surface area contributed by atoms with E-state index in [0.29, 0.717) is 21.2 Å². The highest BCUT2D eigenvalue weighted by Gasteiger charge is 2.11. The SMILES string of the molecule is O=C(N/N=C\c1ccccc1Cl)C(=O)N/N=C\c1ccccc1Cl. The summed E-state index contributed by atoms with van der Waals surface area (Å²) in [6, 6.07) is 13.9. The molecule has 2 aromatic rings. The molecule has 0 saturated carbocycles. The lowest BCUT2D eigenvalue weighted by Gasteiger charge is -1.99. The van der Waals surface area contributed by atoms with Crippen LogP contribution in [0.2, 0.25) is 10.0 Å². The van der Waals surface area contributed by atoms with Gasteiger partial charge in [0.2, 0.25) is 0 Å². The lowest BCUT2D eigenvalue weighted by Crippen LogP contribution is -2.35. The molecular weight excluding hydrogens is 351 g/mol. The van der Waals surface area contributed by atoms with Crippen molar-refractivity contribution < 1.29 is 9.59 Å². The fraction of sp³-hybridized carbons (Fsp3) is 0. The van der Waals surface area contributed by atoms with Crippen molar-refractivity contribution in [2.45, 2.75) is 0 Å². The second-order valence-electron chi connectivity index (χ2n) is 4.44. The van der Waals surface area contributed by atoms with Crippen molar-refractivity contribution in [2.75, 3.05) is 0 Å². The molecule has 8 heteroatoms. The summed E-state index contributed by atoms with van der Waals surface area (Å²) in [6.45, 7) is 0. The monoisotopic (exact) mass is 362 g/mol. The summed E-state index contributed by atoms with van der Waals surface area (Å²) in [7, 11) is 0. The summed E-state index contributed by atoms with van der Waals surface area (Å²) in [5, 5.41) is 8.27. The molecule has 2 rings (SSSR count). The van der Waals surface area contributed by atoms with E-state index < -0.39 is 11.8 Å². The first-order chi connectivity index (χ1) is 11.6. The molecule has 0 atom stereocenters. The first kappa shape index (κ1) is 17.7. The molecule has 0 spiro atoms. The molecule has 0 unspecified atom stereocenters. The van der Waals surface area contributed by atoms with Gasteiger partial charge in [0.05, 0.1) is 12.4 Å². The van der Waals surface area contributed by atoms with Crippen molar-refractivity contribution >= 4 is 47.4 Å². The van der Waals surface area contributed by atoms with Gasteiger partial charge in [-0.2, -0.15) is 10.2 Å².